The van der Waals surface area contributed by atoms with Crippen molar-refractivity contribution in [1.29, 1.82) is 0 Å². The summed E-state index contributed by atoms with van der Waals surface area (Å²) in [6.07, 6.45) is 2.12. The molecule has 0 heterocycles. The zero-order chi connectivity index (χ0) is 10.1. The Morgan fingerprint density at radius 1 is 1.31 bits per heavy atom. The predicted octanol–water partition coefficient (Wildman–Crippen LogP) is 3.29. The first-order chi connectivity index (χ1) is 5.77. The van der Waals surface area contributed by atoms with Crippen LogP contribution in [0.15, 0.2) is 0 Å². The van der Waals surface area contributed by atoms with Crippen LogP contribution in [0.1, 0.15) is 33.6 Å². The van der Waals surface area contributed by atoms with Crippen LogP contribution in [-0.2, 0) is 4.79 Å². The summed E-state index contributed by atoms with van der Waals surface area (Å²) in [6.45, 7) is 6.52. The van der Waals surface area contributed by atoms with Crippen molar-refractivity contribution in [2.45, 2.75) is 42.8 Å². The molecule has 0 amide bonds. The van der Waals surface area contributed by atoms with Gasteiger partial charge in [0.15, 0.2) is 5.78 Å². The third-order valence-electron chi connectivity index (χ3n) is 4.58. The van der Waals surface area contributed by atoms with Crippen LogP contribution in [0.5, 0.6) is 0 Å². The summed E-state index contributed by atoms with van der Waals surface area (Å²) >= 11 is 7.31. The maximum atomic E-state index is 12.0. The van der Waals surface area contributed by atoms with Crippen molar-refractivity contribution >= 4 is 37.6 Å². The molecule has 0 radical (unpaired) electrons. The Hall–Kier alpha value is 0.630. The van der Waals surface area contributed by atoms with Crippen LogP contribution >= 0.6 is 31.9 Å². The minimum absolute atomic E-state index is 0.00579. The summed E-state index contributed by atoms with van der Waals surface area (Å²) in [5, 5.41) is 0. The molecule has 74 valence electrons. The lowest BCUT2D eigenvalue weighted by Gasteiger charge is -2.36. The lowest BCUT2D eigenvalue weighted by Crippen LogP contribution is -2.38. The Kier molecular flexibility index (Phi) is 1.88. The molecule has 2 rings (SSSR count). The van der Waals surface area contributed by atoms with Gasteiger partial charge in [0.25, 0.3) is 0 Å². The van der Waals surface area contributed by atoms with E-state index in [-0.39, 0.29) is 20.0 Å². The van der Waals surface area contributed by atoms with E-state index in [1.54, 1.807) is 0 Å². The van der Waals surface area contributed by atoms with Gasteiger partial charge in [-0.1, -0.05) is 52.6 Å². The topological polar surface area (TPSA) is 17.1 Å². The minimum atomic E-state index is -0.134. The molecule has 3 atom stereocenters. The van der Waals surface area contributed by atoms with Crippen LogP contribution in [0.2, 0.25) is 0 Å². The van der Waals surface area contributed by atoms with Gasteiger partial charge < -0.3 is 0 Å². The van der Waals surface area contributed by atoms with Gasteiger partial charge in [-0.05, 0) is 18.3 Å². The Labute approximate surface area is 95.9 Å². The van der Waals surface area contributed by atoms with Crippen molar-refractivity contribution in [2.75, 3.05) is 0 Å². The van der Waals surface area contributed by atoms with Gasteiger partial charge >= 0.3 is 0 Å². The van der Waals surface area contributed by atoms with Crippen LogP contribution in [0.4, 0.5) is 0 Å². The number of hydrogen-bond donors (Lipinski definition) is 0. The summed E-state index contributed by atoms with van der Waals surface area (Å²) < 4.78 is -0.0220. The van der Waals surface area contributed by atoms with Crippen molar-refractivity contribution in [2.24, 2.45) is 10.8 Å². The first kappa shape index (κ1) is 10.2. The lowest BCUT2D eigenvalue weighted by molar-refractivity contribution is -0.127. The number of ketones is 1. The zero-order valence-electron chi connectivity index (χ0n) is 8.16. The Balaban J connectivity index is 2.61. The Bertz CT molecular complexity index is 284. The molecule has 0 N–H and O–H groups in total. The van der Waals surface area contributed by atoms with Crippen LogP contribution in [0.25, 0.3) is 0 Å². The number of fused-ring (bicyclic) bond motifs is 2. The van der Waals surface area contributed by atoms with Gasteiger partial charge in [-0.2, -0.15) is 0 Å². The maximum Gasteiger partial charge on any atom is 0.154 e. The van der Waals surface area contributed by atoms with Crippen molar-refractivity contribution in [3.63, 3.8) is 0 Å². The minimum Gasteiger partial charge on any atom is -0.298 e. The summed E-state index contributed by atoms with van der Waals surface area (Å²) in [6, 6.07) is 0. The highest BCUT2D eigenvalue weighted by molar-refractivity contribution is 9.12. The van der Waals surface area contributed by atoms with Crippen molar-refractivity contribution in [1.82, 2.24) is 0 Å². The van der Waals surface area contributed by atoms with Crippen LogP contribution in [0.3, 0.4) is 0 Å². The number of halogens is 2. The number of rotatable bonds is 0. The van der Waals surface area contributed by atoms with Gasteiger partial charge in [-0.15, -0.1) is 0 Å². The van der Waals surface area contributed by atoms with Crippen molar-refractivity contribution in [3.8, 4) is 0 Å². The second kappa shape index (κ2) is 2.41. The SMILES string of the molecule is CC1(C)[C@@]2(C)CC[C@@]1(Br)[C@H](Br)C2=O. The molecule has 0 aromatic heterocycles. The number of carbonyl (C=O) groups is 1. The quantitative estimate of drug-likeness (QED) is 0.628. The molecule has 1 nitrogen and oxygen atoms in total. The second-order valence-electron chi connectivity index (χ2n) is 5.05. The van der Waals surface area contributed by atoms with E-state index in [1.165, 1.54) is 0 Å². The molecule has 0 aromatic rings. The Morgan fingerprint density at radius 3 is 2.08 bits per heavy atom. The average Bonchev–Trinajstić information content (AvgIpc) is 2.28. The monoisotopic (exact) mass is 308 g/mol. The van der Waals surface area contributed by atoms with Crippen molar-refractivity contribution in [3.05, 3.63) is 0 Å². The molecular weight excluding hydrogens is 296 g/mol. The highest BCUT2D eigenvalue weighted by Crippen LogP contribution is 2.70. The molecule has 2 saturated carbocycles. The molecule has 0 aromatic carbocycles. The van der Waals surface area contributed by atoms with E-state index in [2.05, 4.69) is 52.6 Å². The number of Topliss-reactive ketones (excluding diaryl/α,β-unsaturated/α-hetero) is 1. The third-order valence-corrected chi connectivity index (χ3v) is 8.24. The molecule has 2 fully saturated rings. The summed E-state index contributed by atoms with van der Waals surface area (Å²) in [5.41, 5.74) is -0.0735. The van der Waals surface area contributed by atoms with Gasteiger partial charge in [-0.3, -0.25) is 4.79 Å². The fourth-order valence-corrected chi connectivity index (χ4v) is 5.03. The predicted molar refractivity (Wildman–Crippen MR) is 60.5 cm³/mol. The highest BCUT2D eigenvalue weighted by Gasteiger charge is 2.73. The second-order valence-corrected chi connectivity index (χ2v) is 7.38. The number of hydrogen-bond acceptors (Lipinski definition) is 1. The van der Waals surface area contributed by atoms with Gasteiger partial charge in [0.2, 0.25) is 0 Å². The molecular formula is C10H14Br2O. The molecule has 2 aliphatic rings. The fraction of sp³-hybridized carbons (Fsp3) is 0.900. The van der Waals surface area contributed by atoms with E-state index < -0.39 is 0 Å². The van der Waals surface area contributed by atoms with Crippen molar-refractivity contribution < 1.29 is 4.79 Å². The molecule has 13 heavy (non-hydrogen) atoms. The Morgan fingerprint density at radius 2 is 1.85 bits per heavy atom. The van der Waals surface area contributed by atoms with Crippen LogP contribution in [-0.4, -0.2) is 14.9 Å². The molecule has 3 heteroatoms. The van der Waals surface area contributed by atoms with Gasteiger partial charge in [-0.25, -0.2) is 0 Å². The van der Waals surface area contributed by atoms with E-state index in [9.17, 15) is 4.79 Å². The van der Waals surface area contributed by atoms with E-state index >= 15 is 0 Å². The molecule has 0 saturated heterocycles. The summed E-state index contributed by atoms with van der Waals surface area (Å²) in [5.74, 6) is 0.376. The molecule has 2 aliphatic carbocycles. The third kappa shape index (κ3) is 0.823. The standard InChI is InChI=1S/C10H14Br2O/c1-8(2)9(3)4-5-10(8,12)6(11)7(9)13/h6H,4-5H2,1-3H3/t6-,9+,10-/m1/s1. The normalized spacial score (nSPS) is 53.0. The lowest BCUT2D eigenvalue weighted by atomic mass is 9.70. The average molecular weight is 310 g/mol. The molecule has 0 unspecified atom stereocenters. The first-order valence-corrected chi connectivity index (χ1v) is 6.35. The first-order valence-electron chi connectivity index (χ1n) is 4.65. The van der Waals surface area contributed by atoms with Crippen LogP contribution < -0.4 is 0 Å². The van der Waals surface area contributed by atoms with Gasteiger partial charge in [0.05, 0.1) is 9.15 Å². The van der Waals surface area contributed by atoms with Crippen LogP contribution in [0, 0.1) is 10.8 Å². The summed E-state index contributed by atoms with van der Waals surface area (Å²) in [4.78, 5) is 12.0. The fourth-order valence-electron chi connectivity index (χ4n) is 2.88. The van der Waals surface area contributed by atoms with E-state index in [4.69, 9.17) is 0 Å². The molecule has 0 spiro atoms. The van der Waals surface area contributed by atoms with Gasteiger partial charge in [0.1, 0.15) is 0 Å². The highest BCUT2D eigenvalue weighted by atomic mass is 79.9. The van der Waals surface area contributed by atoms with E-state index in [1.807, 2.05) is 0 Å². The largest absolute Gasteiger partial charge is 0.298 e. The number of alkyl halides is 2. The molecule has 2 bridgehead atoms. The van der Waals surface area contributed by atoms with E-state index in [0.717, 1.165) is 12.8 Å². The van der Waals surface area contributed by atoms with Gasteiger partial charge in [0, 0.05) is 5.41 Å². The number of carbonyl (C=O) groups excluding carboxylic acids is 1. The zero-order valence-corrected chi connectivity index (χ0v) is 11.3. The molecule has 0 aliphatic heterocycles. The maximum absolute atomic E-state index is 12.0. The smallest absolute Gasteiger partial charge is 0.154 e. The van der Waals surface area contributed by atoms with E-state index in [0.29, 0.717) is 5.78 Å². The summed E-state index contributed by atoms with van der Waals surface area (Å²) in [7, 11) is 0.